The van der Waals surface area contributed by atoms with Gasteiger partial charge in [0, 0.05) is 15.5 Å². The first-order chi connectivity index (χ1) is 6.81. The standard InChI is InChI=1S/C11H9NOS/c1-2-11(13)12-9-7-14-10-6-4-3-5-8(9)10/h2-7H,1H2,(H,12,13). The topological polar surface area (TPSA) is 29.1 Å². The summed E-state index contributed by atoms with van der Waals surface area (Å²) < 4.78 is 1.17. The molecule has 14 heavy (non-hydrogen) atoms. The van der Waals surface area contributed by atoms with Gasteiger partial charge >= 0.3 is 0 Å². The van der Waals surface area contributed by atoms with Crippen molar-refractivity contribution in [3.05, 3.63) is 42.3 Å². The van der Waals surface area contributed by atoms with Crippen LogP contribution in [0.4, 0.5) is 5.69 Å². The molecule has 2 nitrogen and oxygen atoms in total. The van der Waals surface area contributed by atoms with Crippen LogP contribution in [0.15, 0.2) is 42.3 Å². The van der Waals surface area contributed by atoms with Gasteiger partial charge in [0.05, 0.1) is 5.69 Å². The molecule has 0 saturated carbocycles. The lowest BCUT2D eigenvalue weighted by Crippen LogP contribution is -2.06. The van der Waals surface area contributed by atoms with Gasteiger partial charge < -0.3 is 5.32 Å². The van der Waals surface area contributed by atoms with E-state index in [0.29, 0.717) is 0 Å². The van der Waals surface area contributed by atoms with Gasteiger partial charge in [0.15, 0.2) is 0 Å². The van der Waals surface area contributed by atoms with E-state index in [1.165, 1.54) is 10.8 Å². The third kappa shape index (κ3) is 1.54. The lowest BCUT2D eigenvalue weighted by Gasteiger charge is -1.98. The second-order valence-electron chi connectivity index (χ2n) is 2.84. The van der Waals surface area contributed by atoms with E-state index in [2.05, 4.69) is 11.9 Å². The summed E-state index contributed by atoms with van der Waals surface area (Å²) in [5.74, 6) is -0.173. The predicted octanol–water partition coefficient (Wildman–Crippen LogP) is 3.03. The Morgan fingerprint density at radius 3 is 3.00 bits per heavy atom. The van der Waals surface area contributed by atoms with Crippen molar-refractivity contribution < 1.29 is 4.79 Å². The van der Waals surface area contributed by atoms with E-state index in [0.717, 1.165) is 11.1 Å². The molecule has 0 aliphatic carbocycles. The molecule has 70 valence electrons. The molecule has 0 atom stereocenters. The summed E-state index contributed by atoms with van der Waals surface area (Å²) in [6.07, 6.45) is 1.27. The maximum Gasteiger partial charge on any atom is 0.247 e. The maximum atomic E-state index is 11.1. The molecule has 1 amide bonds. The Kier molecular flexibility index (Phi) is 2.33. The van der Waals surface area contributed by atoms with Gasteiger partial charge in [0.25, 0.3) is 0 Å². The summed E-state index contributed by atoms with van der Waals surface area (Å²) in [6.45, 7) is 3.41. The lowest BCUT2D eigenvalue weighted by molar-refractivity contribution is -0.111. The molecule has 0 unspecified atom stereocenters. The second-order valence-corrected chi connectivity index (χ2v) is 3.75. The minimum absolute atomic E-state index is 0.173. The molecule has 2 aromatic rings. The van der Waals surface area contributed by atoms with Crippen molar-refractivity contribution in [2.75, 3.05) is 5.32 Å². The van der Waals surface area contributed by atoms with Gasteiger partial charge in [-0.05, 0) is 12.1 Å². The summed E-state index contributed by atoms with van der Waals surface area (Å²) in [7, 11) is 0. The van der Waals surface area contributed by atoms with Crippen molar-refractivity contribution in [3.63, 3.8) is 0 Å². The monoisotopic (exact) mass is 203 g/mol. The molecule has 1 N–H and O–H groups in total. The molecule has 0 saturated heterocycles. The summed E-state index contributed by atoms with van der Waals surface area (Å²) >= 11 is 1.62. The SMILES string of the molecule is C=CC(=O)Nc1csc2ccccc12. The zero-order valence-corrected chi connectivity index (χ0v) is 8.30. The number of thiophene rings is 1. The van der Waals surface area contributed by atoms with Crippen molar-refractivity contribution in [3.8, 4) is 0 Å². The van der Waals surface area contributed by atoms with E-state index < -0.39 is 0 Å². The second kappa shape index (κ2) is 3.64. The van der Waals surface area contributed by atoms with Crippen LogP contribution in [0.1, 0.15) is 0 Å². The Morgan fingerprint density at radius 2 is 2.21 bits per heavy atom. The Balaban J connectivity index is 2.43. The molecule has 1 heterocycles. The van der Waals surface area contributed by atoms with Gasteiger partial charge in [-0.25, -0.2) is 0 Å². The average Bonchev–Trinajstić information content (AvgIpc) is 2.62. The number of benzene rings is 1. The largest absolute Gasteiger partial charge is 0.321 e. The number of amides is 1. The molecule has 0 radical (unpaired) electrons. The zero-order chi connectivity index (χ0) is 9.97. The first-order valence-corrected chi connectivity index (χ1v) is 5.09. The van der Waals surface area contributed by atoms with E-state index >= 15 is 0 Å². The number of anilines is 1. The molecule has 3 heteroatoms. The molecule has 1 aromatic heterocycles. The normalized spacial score (nSPS) is 10.0. The Bertz CT molecular complexity index is 487. The van der Waals surface area contributed by atoms with Crippen LogP contribution in [0.25, 0.3) is 10.1 Å². The van der Waals surface area contributed by atoms with Crippen molar-refractivity contribution >= 4 is 33.0 Å². The third-order valence-corrected chi connectivity index (χ3v) is 2.89. The van der Waals surface area contributed by atoms with Crippen LogP contribution < -0.4 is 5.32 Å². The minimum atomic E-state index is -0.173. The zero-order valence-electron chi connectivity index (χ0n) is 7.49. The highest BCUT2D eigenvalue weighted by molar-refractivity contribution is 7.17. The number of rotatable bonds is 2. The Labute approximate surface area is 85.9 Å². The van der Waals surface area contributed by atoms with Crippen LogP contribution in [0.5, 0.6) is 0 Å². The van der Waals surface area contributed by atoms with E-state index in [9.17, 15) is 4.79 Å². The molecule has 0 fully saturated rings. The molecule has 1 aromatic carbocycles. The van der Waals surface area contributed by atoms with E-state index in [-0.39, 0.29) is 5.91 Å². The number of hydrogen-bond acceptors (Lipinski definition) is 2. The number of nitrogens with one attached hydrogen (secondary N) is 1. The number of hydrogen-bond donors (Lipinski definition) is 1. The highest BCUT2D eigenvalue weighted by Gasteiger charge is 2.04. The number of carbonyl (C=O) groups excluding carboxylic acids is 1. The molecular weight excluding hydrogens is 194 g/mol. The van der Waals surface area contributed by atoms with Crippen molar-refractivity contribution in [1.29, 1.82) is 0 Å². The number of fused-ring (bicyclic) bond motifs is 1. The van der Waals surface area contributed by atoms with E-state index in [1.807, 2.05) is 29.6 Å². The maximum absolute atomic E-state index is 11.1. The Hall–Kier alpha value is -1.61. The fourth-order valence-corrected chi connectivity index (χ4v) is 2.15. The van der Waals surface area contributed by atoms with Crippen LogP contribution >= 0.6 is 11.3 Å². The Morgan fingerprint density at radius 1 is 1.43 bits per heavy atom. The molecule has 0 aliphatic rings. The van der Waals surface area contributed by atoms with Gasteiger partial charge in [0.2, 0.25) is 5.91 Å². The number of carbonyl (C=O) groups is 1. The van der Waals surface area contributed by atoms with Gasteiger partial charge in [-0.15, -0.1) is 11.3 Å². The minimum Gasteiger partial charge on any atom is -0.321 e. The van der Waals surface area contributed by atoms with Crippen LogP contribution in [0, 0.1) is 0 Å². The first kappa shape index (κ1) is 8.97. The van der Waals surface area contributed by atoms with Gasteiger partial charge in [-0.2, -0.15) is 0 Å². The highest BCUT2D eigenvalue weighted by atomic mass is 32.1. The third-order valence-electron chi connectivity index (χ3n) is 1.92. The summed E-state index contributed by atoms with van der Waals surface area (Å²) in [6, 6.07) is 7.96. The smallest absolute Gasteiger partial charge is 0.247 e. The summed E-state index contributed by atoms with van der Waals surface area (Å²) in [4.78, 5) is 11.1. The quantitative estimate of drug-likeness (QED) is 0.747. The molecular formula is C11H9NOS. The van der Waals surface area contributed by atoms with Crippen molar-refractivity contribution in [2.45, 2.75) is 0 Å². The fraction of sp³-hybridized carbons (Fsp3) is 0. The van der Waals surface area contributed by atoms with E-state index in [1.54, 1.807) is 11.3 Å². The lowest BCUT2D eigenvalue weighted by atomic mass is 10.2. The summed E-state index contributed by atoms with van der Waals surface area (Å²) in [5, 5.41) is 5.78. The van der Waals surface area contributed by atoms with Gasteiger partial charge in [0.1, 0.15) is 0 Å². The van der Waals surface area contributed by atoms with Gasteiger partial charge in [-0.1, -0.05) is 24.8 Å². The van der Waals surface area contributed by atoms with Crippen LogP contribution in [-0.2, 0) is 4.79 Å². The van der Waals surface area contributed by atoms with Crippen molar-refractivity contribution in [1.82, 2.24) is 0 Å². The molecule has 0 spiro atoms. The van der Waals surface area contributed by atoms with Crippen LogP contribution in [0.3, 0.4) is 0 Å². The average molecular weight is 203 g/mol. The summed E-state index contributed by atoms with van der Waals surface area (Å²) in [5.41, 5.74) is 0.857. The van der Waals surface area contributed by atoms with Gasteiger partial charge in [-0.3, -0.25) is 4.79 Å². The molecule has 0 aliphatic heterocycles. The van der Waals surface area contributed by atoms with E-state index in [4.69, 9.17) is 0 Å². The van der Waals surface area contributed by atoms with Crippen molar-refractivity contribution in [2.24, 2.45) is 0 Å². The first-order valence-electron chi connectivity index (χ1n) is 4.21. The molecule has 0 bridgehead atoms. The van der Waals surface area contributed by atoms with Crippen LogP contribution in [-0.4, -0.2) is 5.91 Å². The predicted molar refractivity (Wildman–Crippen MR) is 60.7 cm³/mol. The fourth-order valence-electron chi connectivity index (χ4n) is 1.26. The molecule has 2 rings (SSSR count). The highest BCUT2D eigenvalue weighted by Crippen LogP contribution is 2.29. The van der Waals surface area contributed by atoms with Crippen LogP contribution in [0.2, 0.25) is 0 Å².